The molecule has 0 aliphatic rings. The summed E-state index contributed by atoms with van der Waals surface area (Å²) < 4.78 is 10.6. The second-order valence-electron chi connectivity index (χ2n) is 5.81. The molecule has 0 radical (unpaired) electrons. The first-order valence-electron chi connectivity index (χ1n) is 8.25. The van der Waals surface area contributed by atoms with Crippen molar-refractivity contribution in [1.82, 2.24) is 0 Å². The number of hydrogen-bond donors (Lipinski definition) is 1. The predicted octanol–water partition coefficient (Wildman–Crippen LogP) is 4.49. The summed E-state index contributed by atoms with van der Waals surface area (Å²) in [5.74, 6) is -1.25. The first kappa shape index (κ1) is 19.8. The van der Waals surface area contributed by atoms with E-state index < -0.39 is 17.9 Å². The van der Waals surface area contributed by atoms with Crippen molar-refractivity contribution in [2.24, 2.45) is 0 Å². The number of ketones is 1. The fourth-order valence-corrected chi connectivity index (χ4v) is 2.95. The third-order valence-electron chi connectivity index (χ3n) is 3.91. The molecule has 0 aliphatic heterocycles. The minimum Gasteiger partial charge on any atom is -0.507 e. The number of phenols is 1. The average molecular weight is 377 g/mol. The number of ether oxygens (including phenoxy) is 2. The van der Waals surface area contributed by atoms with Crippen molar-refractivity contribution in [1.29, 1.82) is 0 Å². The van der Waals surface area contributed by atoms with Crippen molar-refractivity contribution in [3.05, 3.63) is 58.1 Å². The summed E-state index contributed by atoms with van der Waals surface area (Å²) in [5, 5.41) is 10.7. The molecule has 0 spiro atoms. The van der Waals surface area contributed by atoms with Crippen LogP contribution >= 0.6 is 11.6 Å². The van der Waals surface area contributed by atoms with Crippen LogP contribution < -0.4 is 4.74 Å². The minimum atomic E-state index is -1.12. The van der Waals surface area contributed by atoms with Gasteiger partial charge < -0.3 is 14.6 Å². The summed E-state index contributed by atoms with van der Waals surface area (Å²) in [7, 11) is 1.25. The molecule has 1 atom stereocenters. The number of benzene rings is 2. The number of methoxy groups -OCH3 is 1. The Hall–Kier alpha value is -2.53. The van der Waals surface area contributed by atoms with Crippen molar-refractivity contribution >= 4 is 23.4 Å². The molecule has 6 heteroatoms. The lowest BCUT2D eigenvalue weighted by molar-refractivity contribution is -0.149. The largest absolute Gasteiger partial charge is 0.507 e. The number of rotatable bonds is 7. The van der Waals surface area contributed by atoms with Gasteiger partial charge in [0.15, 0.2) is 11.5 Å². The van der Waals surface area contributed by atoms with E-state index in [0.717, 1.165) is 6.42 Å². The quantitative estimate of drug-likeness (QED) is 0.569. The first-order chi connectivity index (χ1) is 12.4. The zero-order chi connectivity index (χ0) is 19.3. The summed E-state index contributed by atoms with van der Waals surface area (Å²) in [6, 6.07) is 10.3. The van der Waals surface area contributed by atoms with Crippen molar-refractivity contribution in [2.75, 3.05) is 7.11 Å². The molecule has 5 nitrogen and oxygen atoms in total. The highest BCUT2D eigenvalue weighted by molar-refractivity contribution is 6.33. The van der Waals surface area contributed by atoms with Gasteiger partial charge in [0, 0.05) is 5.56 Å². The zero-order valence-corrected chi connectivity index (χ0v) is 15.7. The van der Waals surface area contributed by atoms with Gasteiger partial charge in [-0.1, -0.05) is 55.3 Å². The Kier molecular flexibility index (Phi) is 6.64. The molecule has 0 aromatic heterocycles. The van der Waals surface area contributed by atoms with Gasteiger partial charge in [-0.25, -0.2) is 4.79 Å². The molecule has 0 saturated carbocycles. The number of aromatic hydroxyl groups is 1. The van der Waals surface area contributed by atoms with Gasteiger partial charge in [-0.2, -0.15) is 0 Å². The molecule has 0 bridgehead atoms. The number of phenolic OH excluding ortho intramolecular Hbond substituents is 1. The minimum absolute atomic E-state index is 0.0317. The second-order valence-corrected chi connectivity index (χ2v) is 6.22. The molecular weight excluding hydrogens is 356 g/mol. The number of halogens is 1. The van der Waals surface area contributed by atoms with Gasteiger partial charge in [0.1, 0.15) is 11.3 Å². The maximum Gasteiger partial charge on any atom is 0.351 e. The highest BCUT2D eigenvalue weighted by atomic mass is 35.5. The first-order valence-corrected chi connectivity index (χ1v) is 8.63. The van der Waals surface area contributed by atoms with E-state index in [1.165, 1.54) is 14.0 Å². The van der Waals surface area contributed by atoms with Crippen LogP contribution in [0.2, 0.25) is 5.02 Å². The zero-order valence-electron chi connectivity index (χ0n) is 14.9. The Morgan fingerprint density at radius 1 is 1.23 bits per heavy atom. The van der Waals surface area contributed by atoms with Gasteiger partial charge in [0.2, 0.25) is 6.10 Å². The Morgan fingerprint density at radius 2 is 1.88 bits per heavy atom. The molecule has 2 aromatic carbocycles. The van der Waals surface area contributed by atoms with E-state index in [1.54, 1.807) is 36.4 Å². The van der Waals surface area contributed by atoms with Crippen LogP contribution in [0, 0.1) is 0 Å². The molecule has 0 heterocycles. The van der Waals surface area contributed by atoms with E-state index in [-0.39, 0.29) is 22.1 Å². The number of esters is 1. The average Bonchev–Trinajstić information content (AvgIpc) is 2.63. The van der Waals surface area contributed by atoms with E-state index in [9.17, 15) is 14.7 Å². The summed E-state index contributed by atoms with van der Waals surface area (Å²) in [5.41, 5.74) is 1.07. The Balaban J connectivity index is 2.57. The molecule has 0 saturated heterocycles. The molecule has 2 rings (SSSR count). The van der Waals surface area contributed by atoms with Crippen LogP contribution in [0.25, 0.3) is 0 Å². The highest BCUT2D eigenvalue weighted by Crippen LogP contribution is 2.41. The molecule has 0 aliphatic carbocycles. The smallest absolute Gasteiger partial charge is 0.351 e. The topological polar surface area (TPSA) is 72.8 Å². The molecule has 1 unspecified atom stereocenters. The van der Waals surface area contributed by atoms with Crippen LogP contribution in [-0.2, 0) is 16.0 Å². The van der Waals surface area contributed by atoms with Crippen LogP contribution in [0.15, 0.2) is 36.4 Å². The number of carbonyl (C=O) groups is 2. The summed E-state index contributed by atoms with van der Waals surface area (Å²) in [6.45, 7) is 3.26. The SMILES string of the molecule is CCCc1cc(Cl)c(OC(C(=O)OC)c2ccccc2)c(C(C)=O)c1O. The maximum absolute atomic E-state index is 12.2. The fraction of sp³-hybridized carbons (Fsp3) is 0.300. The molecular formula is C20H21ClO5. The van der Waals surface area contributed by atoms with E-state index >= 15 is 0 Å². The van der Waals surface area contributed by atoms with Gasteiger partial charge in [-0.15, -0.1) is 0 Å². The Bertz CT molecular complexity index is 802. The maximum atomic E-state index is 12.2. The number of aryl methyl sites for hydroxylation is 1. The number of hydrogen-bond acceptors (Lipinski definition) is 5. The van der Waals surface area contributed by atoms with E-state index in [1.807, 2.05) is 6.92 Å². The third-order valence-corrected chi connectivity index (χ3v) is 4.19. The lowest BCUT2D eigenvalue weighted by atomic mass is 10.0. The van der Waals surface area contributed by atoms with Crippen molar-refractivity contribution in [3.8, 4) is 11.5 Å². The normalized spacial score (nSPS) is 11.7. The standard InChI is InChI=1S/C20H21ClO5/c1-4-8-14-11-15(21)19(16(12(2)22)17(14)23)26-18(20(24)25-3)13-9-6-5-7-10-13/h5-7,9-11,18,23H,4,8H2,1-3H3. The van der Waals surface area contributed by atoms with Gasteiger partial charge in [-0.05, 0) is 25.0 Å². The van der Waals surface area contributed by atoms with Crippen LogP contribution in [0.5, 0.6) is 11.5 Å². The predicted molar refractivity (Wildman–Crippen MR) is 98.9 cm³/mol. The van der Waals surface area contributed by atoms with Crippen LogP contribution in [0.4, 0.5) is 0 Å². The van der Waals surface area contributed by atoms with Crippen molar-refractivity contribution in [3.63, 3.8) is 0 Å². The summed E-state index contributed by atoms with van der Waals surface area (Å²) >= 11 is 6.33. The monoisotopic (exact) mass is 376 g/mol. The molecule has 1 N–H and O–H groups in total. The lowest BCUT2D eigenvalue weighted by Crippen LogP contribution is -2.21. The molecule has 0 fully saturated rings. The van der Waals surface area contributed by atoms with Gasteiger partial charge in [0.05, 0.1) is 12.1 Å². The molecule has 26 heavy (non-hydrogen) atoms. The van der Waals surface area contributed by atoms with Crippen molar-refractivity contribution in [2.45, 2.75) is 32.8 Å². The van der Waals surface area contributed by atoms with E-state index in [2.05, 4.69) is 0 Å². The summed E-state index contributed by atoms with van der Waals surface area (Å²) in [4.78, 5) is 24.4. The van der Waals surface area contributed by atoms with Crippen LogP contribution in [0.1, 0.15) is 47.9 Å². The number of carbonyl (C=O) groups excluding carboxylic acids is 2. The second kappa shape index (κ2) is 8.72. The molecule has 138 valence electrons. The lowest BCUT2D eigenvalue weighted by Gasteiger charge is -2.21. The van der Waals surface area contributed by atoms with E-state index in [4.69, 9.17) is 21.1 Å². The van der Waals surface area contributed by atoms with E-state index in [0.29, 0.717) is 17.5 Å². The van der Waals surface area contributed by atoms with Crippen molar-refractivity contribution < 1.29 is 24.2 Å². The van der Waals surface area contributed by atoms with Gasteiger partial charge >= 0.3 is 5.97 Å². The van der Waals surface area contributed by atoms with Crippen LogP contribution in [0.3, 0.4) is 0 Å². The Morgan fingerprint density at radius 3 is 2.42 bits per heavy atom. The van der Waals surface area contributed by atoms with Gasteiger partial charge in [-0.3, -0.25) is 4.79 Å². The molecule has 0 amide bonds. The summed E-state index contributed by atoms with van der Waals surface area (Å²) in [6.07, 6.45) is 0.217. The van der Waals surface area contributed by atoms with Gasteiger partial charge in [0.25, 0.3) is 0 Å². The highest BCUT2D eigenvalue weighted by Gasteiger charge is 2.29. The third kappa shape index (κ3) is 4.17. The fourth-order valence-electron chi connectivity index (χ4n) is 2.68. The number of Topliss-reactive ketones (excluding diaryl/α,β-unsaturated/α-hetero) is 1. The Labute approximate surface area is 157 Å². The van der Waals surface area contributed by atoms with Crippen LogP contribution in [-0.4, -0.2) is 24.0 Å². The molecule has 2 aromatic rings.